The molecule has 0 spiro atoms. The summed E-state index contributed by atoms with van der Waals surface area (Å²) in [5.74, 6) is 1.40. The highest BCUT2D eigenvalue weighted by atomic mass is 16.5. The van der Waals surface area contributed by atoms with Gasteiger partial charge < -0.3 is 19.7 Å². The van der Waals surface area contributed by atoms with Crippen LogP contribution in [-0.2, 0) is 12.8 Å². The fourth-order valence-electron chi connectivity index (χ4n) is 2.43. The maximum atomic E-state index is 12.1. The van der Waals surface area contributed by atoms with Gasteiger partial charge in [0.15, 0.2) is 11.5 Å². The van der Waals surface area contributed by atoms with Gasteiger partial charge in [-0.3, -0.25) is 4.98 Å². The fourth-order valence-corrected chi connectivity index (χ4v) is 2.43. The van der Waals surface area contributed by atoms with Crippen LogP contribution >= 0.6 is 0 Å². The number of nitrogens with zero attached hydrogens (tertiary/aromatic N) is 2. The van der Waals surface area contributed by atoms with Crippen molar-refractivity contribution < 1.29 is 14.3 Å². The number of nitrogens with one attached hydrogen (secondary N) is 1. The Morgan fingerprint density at radius 1 is 1.04 bits per heavy atom. The minimum atomic E-state index is -0.0745. The van der Waals surface area contributed by atoms with Crippen molar-refractivity contribution in [1.29, 1.82) is 0 Å². The molecule has 1 heterocycles. The average molecular weight is 343 g/mol. The Bertz CT molecular complexity index is 677. The van der Waals surface area contributed by atoms with Crippen LogP contribution in [0.25, 0.3) is 0 Å². The van der Waals surface area contributed by atoms with Gasteiger partial charge in [0.1, 0.15) is 0 Å². The van der Waals surface area contributed by atoms with Crippen molar-refractivity contribution in [1.82, 2.24) is 15.2 Å². The van der Waals surface area contributed by atoms with Gasteiger partial charge in [-0.2, -0.15) is 0 Å². The van der Waals surface area contributed by atoms with E-state index in [1.54, 1.807) is 38.6 Å². The van der Waals surface area contributed by atoms with Gasteiger partial charge in [0, 0.05) is 32.5 Å². The lowest BCUT2D eigenvalue weighted by molar-refractivity contribution is 0.209. The van der Waals surface area contributed by atoms with Crippen LogP contribution in [-0.4, -0.2) is 50.3 Å². The zero-order valence-corrected chi connectivity index (χ0v) is 15.0. The summed E-state index contributed by atoms with van der Waals surface area (Å²) < 4.78 is 10.5. The number of carbonyl (C=O) groups is 1. The van der Waals surface area contributed by atoms with Crippen LogP contribution in [0.5, 0.6) is 11.5 Å². The molecule has 0 aliphatic rings. The third-order valence-electron chi connectivity index (χ3n) is 3.97. The third-order valence-corrected chi connectivity index (χ3v) is 3.97. The number of hydrogen-bond donors (Lipinski definition) is 1. The zero-order chi connectivity index (χ0) is 18.1. The SMILES string of the molecule is COc1ccc(CCNC(=O)N(C)CCc2ccncc2)cc1OC. The summed E-state index contributed by atoms with van der Waals surface area (Å²) >= 11 is 0. The summed E-state index contributed by atoms with van der Waals surface area (Å²) in [6, 6.07) is 9.62. The second-order valence-corrected chi connectivity index (χ2v) is 5.70. The Morgan fingerprint density at radius 2 is 1.76 bits per heavy atom. The lowest BCUT2D eigenvalue weighted by Gasteiger charge is -2.18. The molecule has 0 fully saturated rings. The number of likely N-dealkylation sites (N-methyl/N-ethyl adjacent to an activating group) is 1. The second kappa shape index (κ2) is 9.52. The Balaban J connectivity index is 1.76. The second-order valence-electron chi connectivity index (χ2n) is 5.70. The fraction of sp³-hybridized carbons (Fsp3) is 0.368. The molecule has 0 saturated carbocycles. The molecule has 0 aliphatic carbocycles. The van der Waals surface area contributed by atoms with Crippen molar-refractivity contribution in [3.8, 4) is 11.5 Å². The number of ether oxygens (including phenoxy) is 2. The number of amides is 2. The van der Waals surface area contributed by atoms with Crippen LogP contribution < -0.4 is 14.8 Å². The van der Waals surface area contributed by atoms with Crippen molar-refractivity contribution >= 4 is 6.03 Å². The maximum absolute atomic E-state index is 12.1. The molecule has 0 radical (unpaired) electrons. The summed E-state index contributed by atoms with van der Waals surface area (Å²) in [4.78, 5) is 17.8. The van der Waals surface area contributed by atoms with E-state index in [0.717, 1.165) is 18.4 Å². The molecular weight excluding hydrogens is 318 g/mol. The number of benzene rings is 1. The molecule has 1 aromatic heterocycles. The molecule has 6 nitrogen and oxygen atoms in total. The monoisotopic (exact) mass is 343 g/mol. The number of methoxy groups -OCH3 is 2. The highest BCUT2D eigenvalue weighted by Gasteiger charge is 2.09. The van der Waals surface area contributed by atoms with Gasteiger partial charge in [0.25, 0.3) is 0 Å². The van der Waals surface area contributed by atoms with Gasteiger partial charge in [-0.1, -0.05) is 6.07 Å². The Labute approximate surface area is 148 Å². The van der Waals surface area contributed by atoms with E-state index in [1.807, 2.05) is 30.3 Å². The number of aromatic nitrogens is 1. The molecule has 2 rings (SSSR count). The molecule has 6 heteroatoms. The average Bonchev–Trinajstić information content (AvgIpc) is 2.66. The largest absolute Gasteiger partial charge is 0.493 e. The van der Waals surface area contributed by atoms with E-state index in [1.165, 1.54) is 5.56 Å². The van der Waals surface area contributed by atoms with Gasteiger partial charge in [-0.05, 0) is 48.2 Å². The minimum Gasteiger partial charge on any atom is -0.493 e. The van der Waals surface area contributed by atoms with Crippen LogP contribution in [0.1, 0.15) is 11.1 Å². The highest BCUT2D eigenvalue weighted by Crippen LogP contribution is 2.27. The molecule has 2 aromatic rings. The van der Waals surface area contributed by atoms with Gasteiger partial charge in [0.05, 0.1) is 14.2 Å². The highest BCUT2D eigenvalue weighted by molar-refractivity contribution is 5.73. The van der Waals surface area contributed by atoms with E-state index in [9.17, 15) is 4.79 Å². The van der Waals surface area contributed by atoms with Gasteiger partial charge in [-0.25, -0.2) is 4.79 Å². The lowest BCUT2D eigenvalue weighted by atomic mass is 10.1. The summed E-state index contributed by atoms with van der Waals surface area (Å²) in [6.45, 7) is 1.22. The predicted molar refractivity (Wildman–Crippen MR) is 97.2 cm³/mol. The molecule has 1 aromatic carbocycles. The van der Waals surface area contributed by atoms with Crippen LogP contribution in [0.15, 0.2) is 42.7 Å². The Morgan fingerprint density at radius 3 is 2.44 bits per heavy atom. The third kappa shape index (κ3) is 5.67. The molecule has 0 saturated heterocycles. The van der Waals surface area contributed by atoms with Crippen molar-refractivity contribution in [3.05, 3.63) is 53.9 Å². The van der Waals surface area contributed by atoms with Crippen LogP contribution in [0, 0.1) is 0 Å². The lowest BCUT2D eigenvalue weighted by Crippen LogP contribution is -2.39. The van der Waals surface area contributed by atoms with E-state index in [4.69, 9.17) is 9.47 Å². The quantitative estimate of drug-likeness (QED) is 0.800. The standard InChI is InChI=1S/C19H25N3O3/c1-22(13-9-15-6-10-20-11-7-15)19(23)21-12-8-16-4-5-17(24-2)18(14-16)25-3/h4-7,10-11,14H,8-9,12-13H2,1-3H3,(H,21,23). The van der Waals surface area contributed by atoms with Gasteiger partial charge in [0.2, 0.25) is 0 Å². The van der Waals surface area contributed by atoms with Crippen molar-refractivity contribution in [2.75, 3.05) is 34.4 Å². The number of carbonyl (C=O) groups excluding carboxylic acids is 1. The Hall–Kier alpha value is -2.76. The summed E-state index contributed by atoms with van der Waals surface area (Å²) in [7, 11) is 5.02. The zero-order valence-electron chi connectivity index (χ0n) is 15.0. The van der Waals surface area contributed by atoms with Crippen LogP contribution in [0.2, 0.25) is 0 Å². The molecule has 0 atom stereocenters. The van der Waals surface area contributed by atoms with E-state index >= 15 is 0 Å². The molecule has 134 valence electrons. The molecule has 0 aliphatic heterocycles. The number of hydrogen-bond acceptors (Lipinski definition) is 4. The first kappa shape index (κ1) is 18.6. The number of rotatable bonds is 8. The van der Waals surface area contributed by atoms with Gasteiger partial charge >= 0.3 is 6.03 Å². The summed E-state index contributed by atoms with van der Waals surface area (Å²) in [5, 5.41) is 2.94. The molecule has 2 amide bonds. The van der Waals surface area contributed by atoms with Crippen molar-refractivity contribution in [3.63, 3.8) is 0 Å². The van der Waals surface area contributed by atoms with Crippen molar-refractivity contribution in [2.24, 2.45) is 0 Å². The topological polar surface area (TPSA) is 63.7 Å². The van der Waals surface area contributed by atoms with Crippen LogP contribution in [0.4, 0.5) is 4.79 Å². The molecule has 1 N–H and O–H groups in total. The van der Waals surface area contributed by atoms with Crippen molar-refractivity contribution in [2.45, 2.75) is 12.8 Å². The summed E-state index contributed by atoms with van der Waals surface area (Å²) in [6.07, 6.45) is 5.06. The van der Waals surface area contributed by atoms with E-state index in [-0.39, 0.29) is 6.03 Å². The Kier molecular flexibility index (Phi) is 7.07. The van der Waals surface area contributed by atoms with Gasteiger partial charge in [-0.15, -0.1) is 0 Å². The first-order chi connectivity index (χ1) is 12.1. The van der Waals surface area contributed by atoms with E-state index in [2.05, 4.69) is 10.3 Å². The number of pyridine rings is 1. The smallest absolute Gasteiger partial charge is 0.317 e. The molecule has 25 heavy (non-hydrogen) atoms. The minimum absolute atomic E-state index is 0.0745. The predicted octanol–water partition coefficient (Wildman–Crippen LogP) is 2.53. The first-order valence-corrected chi connectivity index (χ1v) is 8.23. The number of urea groups is 1. The molecule has 0 bridgehead atoms. The maximum Gasteiger partial charge on any atom is 0.317 e. The van der Waals surface area contributed by atoms with Crippen LogP contribution in [0.3, 0.4) is 0 Å². The van der Waals surface area contributed by atoms with E-state index in [0.29, 0.717) is 24.6 Å². The first-order valence-electron chi connectivity index (χ1n) is 8.23. The molecule has 0 unspecified atom stereocenters. The van der Waals surface area contributed by atoms with E-state index < -0.39 is 0 Å². The molecular formula is C19H25N3O3. The summed E-state index contributed by atoms with van der Waals surface area (Å²) in [5.41, 5.74) is 2.25. The normalized spacial score (nSPS) is 10.2.